The molecule has 1 unspecified atom stereocenters. The number of hydrogen-bond acceptors (Lipinski definition) is 2. The van der Waals surface area contributed by atoms with Crippen LogP contribution >= 0.6 is 15.9 Å². The standard InChI is InChI=1S/C15H22BrNO2S/c1-12-7-8-13(2)15(11-12)20(18,19)17-10-4-6-14(17)5-3-9-16/h7-8,11,14H,3-6,9-10H2,1-2H3. The molecule has 2 rings (SSSR count). The molecule has 0 aromatic heterocycles. The van der Waals surface area contributed by atoms with Gasteiger partial charge in [0.1, 0.15) is 0 Å². The topological polar surface area (TPSA) is 37.4 Å². The third kappa shape index (κ3) is 3.26. The number of sulfonamides is 1. The van der Waals surface area contributed by atoms with Crippen LogP contribution < -0.4 is 0 Å². The van der Waals surface area contributed by atoms with E-state index in [-0.39, 0.29) is 6.04 Å². The van der Waals surface area contributed by atoms with Crippen molar-refractivity contribution in [1.82, 2.24) is 4.31 Å². The van der Waals surface area contributed by atoms with E-state index < -0.39 is 10.0 Å². The van der Waals surface area contributed by atoms with E-state index in [1.807, 2.05) is 26.0 Å². The Kier molecular flexibility index (Phi) is 5.26. The minimum atomic E-state index is -3.35. The van der Waals surface area contributed by atoms with E-state index in [2.05, 4.69) is 15.9 Å². The van der Waals surface area contributed by atoms with E-state index in [0.717, 1.165) is 42.1 Å². The van der Waals surface area contributed by atoms with E-state index in [9.17, 15) is 8.42 Å². The van der Waals surface area contributed by atoms with Crippen molar-refractivity contribution in [3.05, 3.63) is 29.3 Å². The van der Waals surface area contributed by atoms with Crippen LogP contribution in [0.1, 0.15) is 36.8 Å². The average molecular weight is 360 g/mol. The summed E-state index contributed by atoms with van der Waals surface area (Å²) >= 11 is 3.43. The second-order valence-electron chi connectivity index (χ2n) is 5.51. The number of aryl methyl sites for hydroxylation is 2. The molecule has 0 aliphatic carbocycles. The number of nitrogens with zero attached hydrogens (tertiary/aromatic N) is 1. The van der Waals surface area contributed by atoms with Crippen LogP contribution in [0, 0.1) is 13.8 Å². The molecule has 1 aliphatic rings. The minimum Gasteiger partial charge on any atom is -0.207 e. The molecule has 1 saturated heterocycles. The Morgan fingerprint density at radius 1 is 1.35 bits per heavy atom. The highest BCUT2D eigenvalue weighted by molar-refractivity contribution is 9.09. The Labute approximate surface area is 130 Å². The largest absolute Gasteiger partial charge is 0.243 e. The summed E-state index contributed by atoms with van der Waals surface area (Å²) in [7, 11) is -3.35. The molecule has 0 N–H and O–H groups in total. The third-order valence-electron chi connectivity index (χ3n) is 3.92. The van der Waals surface area contributed by atoms with Crippen molar-refractivity contribution in [3.63, 3.8) is 0 Å². The Morgan fingerprint density at radius 2 is 2.10 bits per heavy atom. The van der Waals surface area contributed by atoms with Crippen LogP contribution in [0.5, 0.6) is 0 Å². The summed E-state index contributed by atoms with van der Waals surface area (Å²) in [5, 5.41) is 0.931. The molecule has 1 aliphatic heterocycles. The van der Waals surface area contributed by atoms with Gasteiger partial charge in [0.15, 0.2) is 0 Å². The number of alkyl halides is 1. The van der Waals surface area contributed by atoms with E-state index >= 15 is 0 Å². The maximum absolute atomic E-state index is 12.9. The van der Waals surface area contributed by atoms with Gasteiger partial charge in [0.05, 0.1) is 4.90 Å². The summed E-state index contributed by atoms with van der Waals surface area (Å²) in [5.74, 6) is 0. The molecule has 0 spiro atoms. The van der Waals surface area contributed by atoms with Crippen LogP contribution in [0.4, 0.5) is 0 Å². The number of benzene rings is 1. The number of hydrogen-bond donors (Lipinski definition) is 0. The SMILES string of the molecule is Cc1ccc(C)c(S(=O)(=O)N2CCCC2CCCBr)c1. The van der Waals surface area contributed by atoms with Gasteiger partial charge in [-0.2, -0.15) is 4.31 Å². The molecule has 3 nitrogen and oxygen atoms in total. The molecule has 1 aromatic carbocycles. The summed E-state index contributed by atoms with van der Waals surface area (Å²) in [6, 6.07) is 5.81. The first-order valence-corrected chi connectivity index (χ1v) is 9.68. The molecule has 0 amide bonds. The predicted octanol–water partition coefficient (Wildman–Crippen LogP) is 3.63. The molecule has 1 atom stereocenters. The Morgan fingerprint density at radius 3 is 2.80 bits per heavy atom. The zero-order valence-electron chi connectivity index (χ0n) is 12.1. The lowest BCUT2D eigenvalue weighted by Gasteiger charge is -2.25. The van der Waals surface area contributed by atoms with Gasteiger partial charge in [-0.25, -0.2) is 8.42 Å². The van der Waals surface area contributed by atoms with E-state index in [1.165, 1.54) is 0 Å². The molecule has 5 heteroatoms. The summed E-state index contributed by atoms with van der Waals surface area (Å²) in [6.45, 7) is 4.46. The third-order valence-corrected chi connectivity index (χ3v) is 6.58. The van der Waals surface area contributed by atoms with E-state index in [0.29, 0.717) is 11.4 Å². The summed E-state index contributed by atoms with van der Waals surface area (Å²) in [6.07, 6.45) is 3.91. The molecular weight excluding hydrogens is 338 g/mol. The molecule has 0 bridgehead atoms. The second kappa shape index (κ2) is 6.58. The quantitative estimate of drug-likeness (QED) is 0.752. The highest BCUT2D eigenvalue weighted by Gasteiger charge is 2.35. The van der Waals surface area contributed by atoms with Crippen LogP contribution in [0.2, 0.25) is 0 Å². The summed E-state index contributed by atoms with van der Waals surface area (Å²) in [4.78, 5) is 0.475. The number of rotatable bonds is 5. The molecule has 0 radical (unpaired) electrons. The molecular formula is C15H22BrNO2S. The first kappa shape index (κ1) is 16.0. The van der Waals surface area contributed by atoms with Crippen molar-refractivity contribution < 1.29 is 8.42 Å². The number of halogens is 1. The molecule has 20 heavy (non-hydrogen) atoms. The first-order valence-electron chi connectivity index (χ1n) is 7.12. The normalized spacial score (nSPS) is 20.4. The van der Waals surface area contributed by atoms with Crippen molar-refractivity contribution in [2.45, 2.75) is 50.5 Å². The van der Waals surface area contributed by atoms with Crippen LogP contribution in [0.25, 0.3) is 0 Å². The Bertz CT molecular complexity index is 571. The second-order valence-corrected chi connectivity index (χ2v) is 8.16. The Balaban J connectivity index is 2.31. The molecule has 112 valence electrons. The molecule has 1 aromatic rings. The van der Waals surface area contributed by atoms with Gasteiger partial charge < -0.3 is 0 Å². The Hall–Kier alpha value is -0.390. The van der Waals surface area contributed by atoms with Crippen molar-refractivity contribution in [2.24, 2.45) is 0 Å². The summed E-state index contributed by atoms with van der Waals surface area (Å²) in [5.41, 5.74) is 1.83. The average Bonchev–Trinajstić information content (AvgIpc) is 2.88. The zero-order valence-corrected chi connectivity index (χ0v) is 14.5. The predicted molar refractivity (Wildman–Crippen MR) is 85.9 cm³/mol. The summed E-state index contributed by atoms with van der Waals surface area (Å²) < 4.78 is 27.5. The molecule has 1 fully saturated rings. The van der Waals surface area contributed by atoms with Crippen molar-refractivity contribution in [2.75, 3.05) is 11.9 Å². The monoisotopic (exact) mass is 359 g/mol. The van der Waals surface area contributed by atoms with E-state index in [1.54, 1.807) is 10.4 Å². The van der Waals surface area contributed by atoms with Gasteiger partial charge in [-0.05, 0) is 56.7 Å². The molecule has 1 heterocycles. The maximum Gasteiger partial charge on any atom is 0.243 e. The lowest BCUT2D eigenvalue weighted by atomic mass is 10.1. The van der Waals surface area contributed by atoms with Gasteiger partial charge in [0.2, 0.25) is 10.0 Å². The fraction of sp³-hybridized carbons (Fsp3) is 0.600. The lowest BCUT2D eigenvalue weighted by Crippen LogP contribution is -2.36. The lowest BCUT2D eigenvalue weighted by molar-refractivity contribution is 0.369. The van der Waals surface area contributed by atoms with Gasteiger partial charge in [0, 0.05) is 17.9 Å². The fourth-order valence-electron chi connectivity index (χ4n) is 2.84. The highest BCUT2D eigenvalue weighted by atomic mass is 79.9. The van der Waals surface area contributed by atoms with Gasteiger partial charge in [-0.3, -0.25) is 0 Å². The van der Waals surface area contributed by atoms with Crippen LogP contribution in [-0.4, -0.2) is 30.6 Å². The zero-order chi connectivity index (χ0) is 14.8. The van der Waals surface area contributed by atoms with Crippen molar-refractivity contribution in [3.8, 4) is 0 Å². The van der Waals surface area contributed by atoms with Gasteiger partial charge in [-0.15, -0.1) is 0 Å². The minimum absolute atomic E-state index is 0.164. The highest BCUT2D eigenvalue weighted by Crippen LogP contribution is 2.30. The van der Waals surface area contributed by atoms with Crippen LogP contribution in [-0.2, 0) is 10.0 Å². The molecule has 0 saturated carbocycles. The smallest absolute Gasteiger partial charge is 0.207 e. The van der Waals surface area contributed by atoms with Crippen molar-refractivity contribution >= 4 is 26.0 Å². The van der Waals surface area contributed by atoms with Gasteiger partial charge in [0.25, 0.3) is 0 Å². The van der Waals surface area contributed by atoms with Gasteiger partial charge >= 0.3 is 0 Å². The van der Waals surface area contributed by atoms with Gasteiger partial charge in [-0.1, -0.05) is 28.1 Å². The first-order chi connectivity index (χ1) is 9.46. The maximum atomic E-state index is 12.9. The van der Waals surface area contributed by atoms with E-state index in [4.69, 9.17) is 0 Å². The van der Waals surface area contributed by atoms with Crippen LogP contribution in [0.15, 0.2) is 23.1 Å². The van der Waals surface area contributed by atoms with Crippen LogP contribution in [0.3, 0.4) is 0 Å². The fourth-order valence-corrected chi connectivity index (χ4v) is 5.20. The van der Waals surface area contributed by atoms with Crippen molar-refractivity contribution in [1.29, 1.82) is 0 Å².